The van der Waals surface area contributed by atoms with Crippen LogP contribution in [0, 0.1) is 0 Å². The summed E-state index contributed by atoms with van der Waals surface area (Å²) in [5.41, 5.74) is 7.37. The molecule has 4 aromatic rings. The molecule has 186 valence electrons. The fraction of sp³-hybridized carbons (Fsp3) is 0.273. The average Bonchev–Trinajstić information content (AvgIpc) is 2.89. The highest BCUT2D eigenvalue weighted by Gasteiger charge is 2.21. The molecule has 0 aliphatic rings. The van der Waals surface area contributed by atoms with Crippen LogP contribution in [0.25, 0.3) is 0 Å². The number of aromatic hydroxyl groups is 3. The summed E-state index contributed by atoms with van der Waals surface area (Å²) in [6, 6.07) is 29.7. The van der Waals surface area contributed by atoms with Crippen molar-refractivity contribution in [3.05, 3.63) is 124 Å². The summed E-state index contributed by atoms with van der Waals surface area (Å²) in [5, 5.41) is 29.5. The molecular weight excluding hydrogens is 444 g/mol. The van der Waals surface area contributed by atoms with E-state index in [1.54, 1.807) is 36.4 Å². The molecule has 3 N–H and O–H groups in total. The zero-order valence-corrected chi connectivity index (χ0v) is 21.4. The Kier molecular flexibility index (Phi) is 8.00. The molecule has 3 atom stereocenters. The molecule has 3 heteroatoms. The van der Waals surface area contributed by atoms with Crippen molar-refractivity contribution in [3.63, 3.8) is 0 Å². The minimum absolute atomic E-state index is 0.207. The summed E-state index contributed by atoms with van der Waals surface area (Å²) >= 11 is 0. The van der Waals surface area contributed by atoms with Crippen molar-refractivity contribution < 1.29 is 15.3 Å². The minimum atomic E-state index is 0.207. The van der Waals surface area contributed by atoms with Gasteiger partial charge >= 0.3 is 0 Å². The summed E-state index contributed by atoms with van der Waals surface area (Å²) in [6.45, 7) is 6.62. The Morgan fingerprint density at radius 2 is 0.611 bits per heavy atom. The van der Waals surface area contributed by atoms with Crippen LogP contribution in [0.1, 0.15) is 91.2 Å². The maximum absolute atomic E-state index is 9.83. The van der Waals surface area contributed by atoms with Crippen molar-refractivity contribution in [1.82, 2.24) is 0 Å². The predicted octanol–water partition coefficient (Wildman–Crippen LogP) is 8.43. The van der Waals surface area contributed by atoms with Gasteiger partial charge in [0.25, 0.3) is 0 Å². The first kappa shape index (κ1) is 25.4. The van der Waals surface area contributed by atoms with Crippen LogP contribution >= 0.6 is 0 Å². The van der Waals surface area contributed by atoms with Crippen molar-refractivity contribution >= 4 is 0 Å². The van der Waals surface area contributed by atoms with Crippen molar-refractivity contribution in [2.75, 3.05) is 0 Å². The molecule has 0 amide bonds. The largest absolute Gasteiger partial charge is 0.508 e. The van der Waals surface area contributed by atoms with E-state index in [1.165, 1.54) is 33.4 Å². The molecule has 36 heavy (non-hydrogen) atoms. The molecule has 0 aromatic heterocycles. The third kappa shape index (κ3) is 5.57. The fourth-order valence-electron chi connectivity index (χ4n) is 5.42. The summed E-state index contributed by atoms with van der Waals surface area (Å²) in [5.74, 6) is 1.45. The summed E-state index contributed by atoms with van der Waals surface area (Å²) in [7, 11) is 0. The Morgan fingerprint density at radius 1 is 0.389 bits per heavy atom. The maximum Gasteiger partial charge on any atom is 0.115 e. The third-order valence-corrected chi connectivity index (χ3v) is 7.32. The smallest absolute Gasteiger partial charge is 0.115 e. The molecule has 0 aliphatic heterocycles. The lowest BCUT2D eigenvalue weighted by molar-refractivity contribution is 0.474. The maximum atomic E-state index is 9.83. The van der Waals surface area contributed by atoms with Crippen molar-refractivity contribution in [1.29, 1.82) is 0 Å². The van der Waals surface area contributed by atoms with Crippen LogP contribution in [0.2, 0.25) is 0 Å². The van der Waals surface area contributed by atoms with Gasteiger partial charge in [-0.2, -0.15) is 0 Å². The van der Waals surface area contributed by atoms with Gasteiger partial charge in [-0.25, -0.2) is 0 Å². The van der Waals surface area contributed by atoms with Crippen LogP contribution in [0.3, 0.4) is 0 Å². The van der Waals surface area contributed by atoms with Crippen molar-refractivity contribution in [3.8, 4) is 17.2 Å². The zero-order chi connectivity index (χ0) is 25.7. The highest BCUT2D eigenvalue weighted by atomic mass is 16.3. The number of hydrogen-bond acceptors (Lipinski definition) is 3. The molecule has 0 radical (unpaired) electrons. The Hall–Kier alpha value is -3.72. The SMILES string of the molecule is CCC(c1ccc(O)cc1)c1cc(C(CC)c2ccc(O)cc2)cc(C(CC)c2ccc(O)cc2)c1. The molecular formula is C33H36O3. The van der Waals surface area contributed by atoms with Gasteiger partial charge in [-0.3, -0.25) is 0 Å². The normalized spacial score (nSPS) is 13.8. The van der Waals surface area contributed by atoms with E-state index >= 15 is 0 Å². The Labute approximate surface area is 214 Å². The lowest BCUT2D eigenvalue weighted by atomic mass is 9.79. The molecule has 0 spiro atoms. The molecule has 0 bridgehead atoms. The second-order valence-electron chi connectivity index (χ2n) is 9.59. The highest BCUT2D eigenvalue weighted by Crippen LogP contribution is 2.39. The van der Waals surface area contributed by atoms with Gasteiger partial charge in [0.2, 0.25) is 0 Å². The summed E-state index contributed by atoms with van der Waals surface area (Å²) < 4.78 is 0. The van der Waals surface area contributed by atoms with Crippen LogP contribution in [0.15, 0.2) is 91.0 Å². The standard InChI is InChI=1S/C33H36O3/c1-4-31(22-7-13-28(34)14-8-22)25-19-26(32(5-2)23-9-15-29(35)16-10-23)21-27(20-25)33(6-3)24-11-17-30(36)18-12-24/h7-21,31-36H,4-6H2,1-3H3. The zero-order valence-electron chi connectivity index (χ0n) is 21.4. The van der Waals surface area contributed by atoms with Crippen molar-refractivity contribution in [2.45, 2.75) is 57.8 Å². The van der Waals surface area contributed by atoms with Crippen LogP contribution in [0.4, 0.5) is 0 Å². The van der Waals surface area contributed by atoms with Gasteiger partial charge in [0, 0.05) is 17.8 Å². The molecule has 3 unspecified atom stereocenters. The average molecular weight is 481 g/mol. The molecule has 0 saturated heterocycles. The first-order valence-corrected chi connectivity index (χ1v) is 12.9. The Balaban J connectivity index is 1.87. The number of rotatable bonds is 9. The number of benzene rings is 4. The van der Waals surface area contributed by atoms with Crippen molar-refractivity contribution in [2.24, 2.45) is 0 Å². The van der Waals surface area contributed by atoms with E-state index in [0.29, 0.717) is 0 Å². The van der Waals surface area contributed by atoms with Gasteiger partial charge in [0.05, 0.1) is 0 Å². The molecule has 3 nitrogen and oxygen atoms in total. The van der Waals surface area contributed by atoms with E-state index in [2.05, 4.69) is 39.0 Å². The van der Waals surface area contributed by atoms with E-state index in [4.69, 9.17) is 0 Å². The lowest BCUT2D eigenvalue weighted by Crippen LogP contribution is -2.08. The quantitative estimate of drug-likeness (QED) is 0.225. The van der Waals surface area contributed by atoms with Crippen LogP contribution < -0.4 is 0 Å². The second kappa shape index (κ2) is 11.3. The number of phenolic OH excluding ortho intramolecular Hbond substituents is 3. The molecule has 4 aromatic carbocycles. The molecule has 4 rings (SSSR count). The topological polar surface area (TPSA) is 60.7 Å². The number of hydrogen-bond donors (Lipinski definition) is 3. The van der Waals surface area contributed by atoms with Gasteiger partial charge in [-0.1, -0.05) is 75.4 Å². The van der Waals surface area contributed by atoms with Gasteiger partial charge in [-0.15, -0.1) is 0 Å². The van der Waals surface area contributed by atoms with E-state index in [1.807, 2.05) is 36.4 Å². The lowest BCUT2D eigenvalue weighted by Gasteiger charge is -2.25. The molecule has 0 saturated carbocycles. The third-order valence-electron chi connectivity index (χ3n) is 7.32. The van der Waals surface area contributed by atoms with Gasteiger partial charge in [-0.05, 0) is 89.0 Å². The van der Waals surface area contributed by atoms with Gasteiger partial charge in [0.15, 0.2) is 0 Å². The van der Waals surface area contributed by atoms with E-state index in [0.717, 1.165) is 19.3 Å². The Bertz CT molecular complexity index is 1090. The molecule has 0 fully saturated rings. The van der Waals surface area contributed by atoms with E-state index < -0.39 is 0 Å². The predicted molar refractivity (Wildman–Crippen MR) is 147 cm³/mol. The number of phenols is 3. The van der Waals surface area contributed by atoms with E-state index in [-0.39, 0.29) is 35.0 Å². The van der Waals surface area contributed by atoms with Crippen LogP contribution in [0.5, 0.6) is 17.2 Å². The molecule has 0 aliphatic carbocycles. The first-order chi connectivity index (χ1) is 17.4. The van der Waals surface area contributed by atoms with Gasteiger partial charge in [0.1, 0.15) is 17.2 Å². The fourth-order valence-corrected chi connectivity index (χ4v) is 5.42. The van der Waals surface area contributed by atoms with E-state index in [9.17, 15) is 15.3 Å². The second-order valence-corrected chi connectivity index (χ2v) is 9.59. The highest BCUT2D eigenvalue weighted by molar-refractivity contribution is 5.46. The monoisotopic (exact) mass is 480 g/mol. The van der Waals surface area contributed by atoms with Gasteiger partial charge < -0.3 is 15.3 Å². The minimum Gasteiger partial charge on any atom is -0.508 e. The first-order valence-electron chi connectivity index (χ1n) is 12.9. The molecule has 0 heterocycles. The van der Waals surface area contributed by atoms with Crippen LogP contribution in [-0.2, 0) is 0 Å². The summed E-state index contributed by atoms with van der Waals surface area (Å²) in [4.78, 5) is 0. The summed E-state index contributed by atoms with van der Waals surface area (Å²) in [6.07, 6.45) is 2.83. The van der Waals surface area contributed by atoms with Crippen LogP contribution in [-0.4, -0.2) is 15.3 Å². The Morgan fingerprint density at radius 3 is 0.806 bits per heavy atom.